The Morgan fingerprint density at radius 2 is 1.78 bits per heavy atom. The topological polar surface area (TPSA) is 68.6 Å². The summed E-state index contributed by atoms with van der Waals surface area (Å²) >= 11 is 0. The van der Waals surface area contributed by atoms with Crippen molar-refractivity contribution in [3.8, 4) is 22.8 Å². The van der Waals surface area contributed by atoms with E-state index in [4.69, 9.17) is 14.5 Å². The lowest BCUT2D eigenvalue weighted by Gasteiger charge is -2.33. The first-order valence-electron chi connectivity index (χ1n) is 11.7. The summed E-state index contributed by atoms with van der Waals surface area (Å²) in [4.78, 5) is 20.2. The second-order valence-corrected chi connectivity index (χ2v) is 9.92. The number of methoxy groups -OCH3 is 2. The van der Waals surface area contributed by atoms with Gasteiger partial charge in [-0.1, -0.05) is 19.3 Å². The van der Waals surface area contributed by atoms with Crippen LogP contribution in [-0.2, 0) is 17.9 Å². The van der Waals surface area contributed by atoms with Crippen LogP contribution >= 0.6 is 0 Å². The molecule has 7 heteroatoms. The summed E-state index contributed by atoms with van der Waals surface area (Å²) in [5.74, 6) is 3.77. The van der Waals surface area contributed by atoms with Crippen molar-refractivity contribution in [1.29, 1.82) is 0 Å². The molecule has 1 amide bonds. The minimum atomic E-state index is -0.128. The lowest BCUT2D eigenvalue weighted by atomic mass is 9.88. The molecular weight excluding hydrogens is 404 g/mol. The van der Waals surface area contributed by atoms with E-state index in [0.29, 0.717) is 24.0 Å². The minimum absolute atomic E-state index is 0.128. The van der Waals surface area contributed by atoms with Gasteiger partial charge in [0, 0.05) is 30.1 Å². The van der Waals surface area contributed by atoms with Crippen molar-refractivity contribution in [3.05, 3.63) is 24.0 Å². The monoisotopic (exact) mass is 440 g/mol. The van der Waals surface area contributed by atoms with Gasteiger partial charge in [-0.15, -0.1) is 0 Å². The van der Waals surface area contributed by atoms with E-state index in [1.807, 2.05) is 23.1 Å². The number of hydrogen-bond acceptors (Lipinski definition) is 5. The van der Waals surface area contributed by atoms with Crippen molar-refractivity contribution >= 4 is 11.7 Å². The Hall–Kier alpha value is -2.70. The van der Waals surface area contributed by atoms with Gasteiger partial charge in [-0.25, -0.2) is 4.98 Å². The molecule has 0 radical (unpaired) electrons. The number of rotatable bonds is 5. The van der Waals surface area contributed by atoms with Crippen molar-refractivity contribution in [2.45, 2.75) is 71.5 Å². The first kappa shape index (κ1) is 22.5. The molecule has 1 aliphatic carbocycles. The highest BCUT2D eigenvalue weighted by molar-refractivity contribution is 5.79. The summed E-state index contributed by atoms with van der Waals surface area (Å²) in [5, 5.41) is 3.65. The van der Waals surface area contributed by atoms with Crippen molar-refractivity contribution < 1.29 is 14.3 Å². The third kappa shape index (κ3) is 4.57. The molecule has 0 atom stereocenters. The second kappa shape index (κ2) is 9.04. The van der Waals surface area contributed by atoms with E-state index in [9.17, 15) is 4.79 Å². The quantitative estimate of drug-likeness (QED) is 0.730. The van der Waals surface area contributed by atoms with Gasteiger partial charge in [0.1, 0.15) is 17.3 Å². The van der Waals surface area contributed by atoms with Crippen LogP contribution in [0.1, 0.15) is 58.7 Å². The molecule has 2 heterocycles. The van der Waals surface area contributed by atoms with Crippen molar-refractivity contribution in [2.24, 2.45) is 5.92 Å². The average Bonchev–Trinajstić information content (AvgIpc) is 3.14. The number of anilines is 1. The van der Waals surface area contributed by atoms with Crippen LogP contribution in [0.2, 0.25) is 0 Å². The van der Waals surface area contributed by atoms with Crippen LogP contribution in [-0.4, -0.2) is 46.7 Å². The van der Waals surface area contributed by atoms with Crippen LogP contribution in [0, 0.1) is 5.92 Å². The van der Waals surface area contributed by atoms with Gasteiger partial charge in [-0.2, -0.15) is 0 Å². The highest BCUT2D eigenvalue weighted by Crippen LogP contribution is 2.38. The molecule has 4 rings (SSSR count). The molecule has 7 nitrogen and oxygen atoms in total. The molecule has 0 spiro atoms. The molecule has 2 aromatic rings. The number of nitrogens with zero attached hydrogens (tertiary/aromatic N) is 3. The Kier molecular flexibility index (Phi) is 6.35. The third-order valence-corrected chi connectivity index (χ3v) is 6.39. The van der Waals surface area contributed by atoms with E-state index in [1.165, 1.54) is 19.3 Å². The van der Waals surface area contributed by atoms with Gasteiger partial charge < -0.3 is 24.3 Å². The summed E-state index contributed by atoms with van der Waals surface area (Å²) < 4.78 is 13.2. The van der Waals surface area contributed by atoms with E-state index < -0.39 is 0 Å². The van der Waals surface area contributed by atoms with Crippen LogP contribution in [0.15, 0.2) is 18.2 Å². The smallest absolute Gasteiger partial charge is 0.226 e. The average molecular weight is 441 g/mol. The SMILES string of the molecule is COc1ccc(-c2nc3n(c2NC(C)(C)C)CCN(C(=O)C2CCCCC2)C3)cc1OC. The molecule has 0 bridgehead atoms. The molecule has 1 N–H and O–H groups in total. The molecule has 174 valence electrons. The lowest BCUT2D eigenvalue weighted by Crippen LogP contribution is -2.42. The third-order valence-electron chi connectivity index (χ3n) is 6.39. The largest absolute Gasteiger partial charge is 0.493 e. The fourth-order valence-corrected chi connectivity index (χ4v) is 4.79. The van der Waals surface area contributed by atoms with E-state index >= 15 is 0 Å². The van der Waals surface area contributed by atoms with E-state index in [2.05, 4.69) is 30.7 Å². The maximum Gasteiger partial charge on any atom is 0.226 e. The van der Waals surface area contributed by atoms with Gasteiger partial charge in [0.15, 0.2) is 11.5 Å². The number of fused-ring (bicyclic) bond motifs is 1. The Balaban J connectivity index is 1.68. The fourth-order valence-electron chi connectivity index (χ4n) is 4.79. The van der Waals surface area contributed by atoms with E-state index in [1.54, 1.807) is 14.2 Å². The van der Waals surface area contributed by atoms with Gasteiger partial charge in [0.2, 0.25) is 5.91 Å². The normalized spacial score (nSPS) is 17.1. The molecule has 32 heavy (non-hydrogen) atoms. The molecular formula is C25H36N4O3. The van der Waals surface area contributed by atoms with Crippen LogP contribution in [0.25, 0.3) is 11.3 Å². The first-order valence-corrected chi connectivity index (χ1v) is 11.7. The number of carbonyl (C=O) groups excluding carboxylic acids is 1. The second-order valence-electron chi connectivity index (χ2n) is 9.92. The number of nitrogens with one attached hydrogen (secondary N) is 1. The van der Waals surface area contributed by atoms with Crippen LogP contribution < -0.4 is 14.8 Å². The summed E-state index contributed by atoms with van der Waals surface area (Å²) in [5.41, 5.74) is 1.71. The maximum atomic E-state index is 13.2. The zero-order valence-electron chi connectivity index (χ0n) is 20.0. The number of imidazole rings is 1. The Morgan fingerprint density at radius 1 is 1.06 bits per heavy atom. The Morgan fingerprint density at radius 3 is 2.44 bits per heavy atom. The van der Waals surface area contributed by atoms with Crippen LogP contribution in [0.4, 0.5) is 5.82 Å². The number of ether oxygens (including phenoxy) is 2. The summed E-state index contributed by atoms with van der Waals surface area (Å²) in [6.07, 6.45) is 5.64. The molecule has 1 aromatic heterocycles. The number of amides is 1. The van der Waals surface area contributed by atoms with E-state index in [0.717, 1.165) is 48.8 Å². The Labute approximate surface area is 191 Å². The van der Waals surface area contributed by atoms with E-state index in [-0.39, 0.29) is 11.5 Å². The highest BCUT2D eigenvalue weighted by atomic mass is 16.5. The lowest BCUT2D eigenvalue weighted by molar-refractivity contribution is -0.138. The number of benzene rings is 1. The zero-order valence-corrected chi connectivity index (χ0v) is 20.0. The van der Waals surface area contributed by atoms with Crippen molar-refractivity contribution in [2.75, 3.05) is 26.1 Å². The minimum Gasteiger partial charge on any atom is -0.493 e. The standard InChI is InChI=1S/C25H36N4O3/c1-25(2,3)27-23-22(18-11-12-19(31-4)20(15-18)32-5)26-21-16-28(13-14-29(21)23)24(30)17-9-7-6-8-10-17/h11-12,15,17,27H,6-10,13-14,16H2,1-5H3. The van der Waals surface area contributed by atoms with Crippen molar-refractivity contribution in [3.63, 3.8) is 0 Å². The first-order chi connectivity index (χ1) is 15.3. The molecule has 2 aliphatic rings. The fraction of sp³-hybridized carbons (Fsp3) is 0.600. The predicted octanol–water partition coefficient (Wildman–Crippen LogP) is 4.70. The van der Waals surface area contributed by atoms with Crippen LogP contribution in [0.3, 0.4) is 0 Å². The Bertz CT molecular complexity index is 970. The molecule has 1 saturated carbocycles. The molecule has 0 unspecified atom stereocenters. The van der Waals surface area contributed by atoms with Crippen molar-refractivity contribution in [1.82, 2.24) is 14.5 Å². The van der Waals surface area contributed by atoms with Crippen LogP contribution in [0.5, 0.6) is 11.5 Å². The summed E-state index contributed by atoms with van der Waals surface area (Å²) in [7, 11) is 3.28. The number of aromatic nitrogens is 2. The molecule has 1 fully saturated rings. The summed E-state index contributed by atoms with van der Waals surface area (Å²) in [6, 6.07) is 5.88. The van der Waals surface area contributed by atoms with Gasteiger partial charge in [0.05, 0.1) is 20.8 Å². The maximum absolute atomic E-state index is 13.2. The molecule has 1 aromatic carbocycles. The van der Waals surface area contributed by atoms with Gasteiger partial charge in [-0.05, 0) is 51.8 Å². The number of hydrogen-bond donors (Lipinski definition) is 1. The van der Waals surface area contributed by atoms with Gasteiger partial charge in [-0.3, -0.25) is 4.79 Å². The summed E-state index contributed by atoms with van der Waals surface area (Å²) in [6.45, 7) is 8.46. The zero-order chi connectivity index (χ0) is 22.9. The molecule has 1 aliphatic heterocycles. The number of carbonyl (C=O) groups is 1. The van der Waals surface area contributed by atoms with Gasteiger partial charge in [0.25, 0.3) is 0 Å². The highest BCUT2D eigenvalue weighted by Gasteiger charge is 2.32. The van der Waals surface area contributed by atoms with Gasteiger partial charge >= 0.3 is 0 Å². The molecule has 0 saturated heterocycles. The predicted molar refractivity (Wildman–Crippen MR) is 126 cm³/mol.